The van der Waals surface area contributed by atoms with Crippen molar-refractivity contribution in [2.45, 2.75) is 6.61 Å². The van der Waals surface area contributed by atoms with Crippen molar-refractivity contribution in [3.63, 3.8) is 0 Å². The zero-order chi connectivity index (χ0) is 15.1. The number of ketones is 1. The minimum Gasteiger partial charge on any atom is -0.497 e. The summed E-state index contributed by atoms with van der Waals surface area (Å²) >= 11 is 0. The summed E-state index contributed by atoms with van der Waals surface area (Å²) in [6.45, 7) is 0.400. The quantitative estimate of drug-likeness (QED) is 0.734. The summed E-state index contributed by atoms with van der Waals surface area (Å²) < 4.78 is 15.7. The summed E-state index contributed by atoms with van der Waals surface area (Å²) in [4.78, 5) is 12.1. The van der Waals surface area contributed by atoms with E-state index in [-0.39, 0.29) is 12.4 Å². The van der Waals surface area contributed by atoms with Gasteiger partial charge in [0.05, 0.1) is 26.4 Å². The summed E-state index contributed by atoms with van der Waals surface area (Å²) in [7, 11) is 3.17. The predicted octanol–water partition coefficient (Wildman–Crippen LogP) is 3.10. The second-order valence-electron chi connectivity index (χ2n) is 4.46. The number of benzene rings is 2. The third kappa shape index (κ3) is 4.07. The molecule has 4 nitrogen and oxygen atoms in total. The molecule has 0 bridgehead atoms. The number of ether oxygens (including phenoxy) is 3. The minimum atomic E-state index is -0.0963. The van der Waals surface area contributed by atoms with Crippen LogP contribution in [0.25, 0.3) is 0 Å². The van der Waals surface area contributed by atoms with E-state index in [0.29, 0.717) is 17.9 Å². The van der Waals surface area contributed by atoms with E-state index in [0.717, 1.165) is 11.3 Å². The molecule has 0 radical (unpaired) electrons. The van der Waals surface area contributed by atoms with Crippen LogP contribution in [0.1, 0.15) is 15.9 Å². The van der Waals surface area contributed by atoms with E-state index in [2.05, 4.69) is 0 Å². The minimum absolute atomic E-state index is 0.0202. The van der Waals surface area contributed by atoms with Crippen molar-refractivity contribution >= 4 is 5.78 Å². The van der Waals surface area contributed by atoms with Gasteiger partial charge in [-0.05, 0) is 29.8 Å². The molecule has 0 saturated carbocycles. The predicted molar refractivity (Wildman–Crippen MR) is 80.0 cm³/mol. The van der Waals surface area contributed by atoms with Crippen LogP contribution in [-0.4, -0.2) is 26.6 Å². The van der Waals surface area contributed by atoms with Crippen molar-refractivity contribution in [2.75, 3.05) is 20.8 Å². The third-order valence-electron chi connectivity index (χ3n) is 3.07. The average Bonchev–Trinajstić information content (AvgIpc) is 2.55. The largest absolute Gasteiger partial charge is 0.497 e. The highest BCUT2D eigenvalue weighted by Gasteiger charge is 2.11. The van der Waals surface area contributed by atoms with Crippen molar-refractivity contribution in [3.8, 4) is 11.5 Å². The second kappa shape index (κ2) is 7.45. The van der Waals surface area contributed by atoms with E-state index in [1.807, 2.05) is 30.3 Å². The van der Waals surface area contributed by atoms with Crippen LogP contribution in [0.15, 0.2) is 48.5 Å². The van der Waals surface area contributed by atoms with Gasteiger partial charge in [-0.2, -0.15) is 0 Å². The fourth-order valence-electron chi connectivity index (χ4n) is 1.94. The number of carbonyl (C=O) groups excluding carboxylic acids is 1. The van der Waals surface area contributed by atoms with Crippen LogP contribution >= 0.6 is 0 Å². The van der Waals surface area contributed by atoms with Crippen molar-refractivity contribution in [1.29, 1.82) is 0 Å². The summed E-state index contributed by atoms with van der Waals surface area (Å²) in [5.41, 5.74) is 1.53. The molecule has 2 rings (SSSR count). The zero-order valence-corrected chi connectivity index (χ0v) is 12.2. The molecule has 0 N–H and O–H groups in total. The molecule has 2 aromatic carbocycles. The maximum absolute atomic E-state index is 12.1. The number of para-hydroxylation sites is 1. The Balaban J connectivity index is 1.89. The molecule has 21 heavy (non-hydrogen) atoms. The van der Waals surface area contributed by atoms with E-state index in [1.165, 1.54) is 0 Å². The lowest BCUT2D eigenvalue weighted by Crippen LogP contribution is -2.10. The van der Waals surface area contributed by atoms with Crippen LogP contribution in [0.4, 0.5) is 0 Å². The van der Waals surface area contributed by atoms with E-state index in [1.54, 1.807) is 32.4 Å². The highest BCUT2D eigenvalue weighted by atomic mass is 16.5. The van der Waals surface area contributed by atoms with Gasteiger partial charge < -0.3 is 14.2 Å². The van der Waals surface area contributed by atoms with Gasteiger partial charge in [-0.15, -0.1) is 0 Å². The van der Waals surface area contributed by atoms with Crippen molar-refractivity contribution in [2.24, 2.45) is 0 Å². The Kier molecular flexibility index (Phi) is 5.35. The maximum atomic E-state index is 12.1. The number of carbonyl (C=O) groups is 1. The molecule has 0 amide bonds. The molecule has 2 aromatic rings. The summed E-state index contributed by atoms with van der Waals surface area (Å²) in [5, 5.41) is 0. The summed E-state index contributed by atoms with van der Waals surface area (Å²) in [6.07, 6.45) is 0. The first-order valence-electron chi connectivity index (χ1n) is 6.61. The van der Waals surface area contributed by atoms with Crippen LogP contribution in [0.5, 0.6) is 11.5 Å². The Morgan fingerprint density at radius 3 is 2.33 bits per heavy atom. The molecule has 110 valence electrons. The van der Waals surface area contributed by atoms with Gasteiger partial charge in [-0.3, -0.25) is 4.79 Å². The Morgan fingerprint density at radius 1 is 0.952 bits per heavy atom. The Labute approximate surface area is 124 Å². The molecule has 0 aliphatic rings. The monoisotopic (exact) mass is 286 g/mol. The van der Waals surface area contributed by atoms with Gasteiger partial charge in [0.25, 0.3) is 0 Å². The highest BCUT2D eigenvalue weighted by molar-refractivity contribution is 5.99. The van der Waals surface area contributed by atoms with Gasteiger partial charge in [0.2, 0.25) is 0 Å². The third-order valence-corrected chi connectivity index (χ3v) is 3.07. The number of hydrogen-bond donors (Lipinski definition) is 0. The van der Waals surface area contributed by atoms with Gasteiger partial charge in [0, 0.05) is 0 Å². The molecule has 0 unspecified atom stereocenters. The van der Waals surface area contributed by atoms with Gasteiger partial charge in [0.1, 0.15) is 18.1 Å². The molecule has 0 aliphatic carbocycles. The van der Waals surface area contributed by atoms with Crippen LogP contribution in [0, 0.1) is 0 Å². The Bertz CT molecular complexity index is 590. The number of methoxy groups -OCH3 is 2. The first kappa shape index (κ1) is 15.1. The summed E-state index contributed by atoms with van der Waals surface area (Å²) in [5.74, 6) is 1.26. The highest BCUT2D eigenvalue weighted by Crippen LogP contribution is 2.18. The average molecular weight is 286 g/mol. The summed E-state index contributed by atoms with van der Waals surface area (Å²) in [6, 6.07) is 14.7. The molecule has 0 spiro atoms. The topological polar surface area (TPSA) is 44.8 Å². The van der Waals surface area contributed by atoms with E-state index >= 15 is 0 Å². The van der Waals surface area contributed by atoms with Crippen LogP contribution in [-0.2, 0) is 11.3 Å². The van der Waals surface area contributed by atoms with Crippen molar-refractivity contribution in [3.05, 3.63) is 59.7 Å². The van der Waals surface area contributed by atoms with E-state index in [9.17, 15) is 4.79 Å². The molecule has 4 heteroatoms. The van der Waals surface area contributed by atoms with Crippen molar-refractivity contribution < 1.29 is 19.0 Å². The van der Waals surface area contributed by atoms with Crippen LogP contribution < -0.4 is 9.47 Å². The SMILES string of the molecule is COc1ccc(COCC(=O)c2ccccc2OC)cc1. The van der Waals surface area contributed by atoms with Gasteiger partial charge >= 0.3 is 0 Å². The maximum Gasteiger partial charge on any atom is 0.192 e. The smallest absolute Gasteiger partial charge is 0.192 e. The molecular weight excluding hydrogens is 268 g/mol. The second-order valence-corrected chi connectivity index (χ2v) is 4.46. The van der Waals surface area contributed by atoms with Gasteiger partial charge in [-0.25, -0.2) is 0 Å². The molecule has 0 fully saturated rings. The zero-order valence-electron chi connectivity index (χ0n) is 12.2. The van der Waals surface area contributed by atoms with E-state index in [4.69, 9.17) is 14.2 Å². The number of hydrogen-bond acceptors (Lipinski definition) is 4. The fraction of sp³-hybridized carbons (Fsp3) is 0.235. The lowest BCUT2D eigenvalue weighted by atomic mass is 10.1. The van der Waals surface area contributed by atoms with E-state index < -0.39 is 0 Å². The molecule has 0 atom stereocenters. The molecule has 0 saturated heterocycles. The number of rotatable bonds is 7. The normalized spacial score (nSPS) is 10.2. The van der Waals surface area contributed by atoms with Crippen LogP contribution in [0.2, 0.25) is 0 Å². The standard InChI is InChI=1S/C17H18O4/c1-19-14-9-7-13(8-10-14)11-21-12-16(18)15-5-3-4-6-17(15)20-2/h3-10H,11-12H2,1-2H3. The Morgan fingerprint density at radius 2 is 1.67 bits per heavy atom. The molecular formula is C17H18O4. The molecule has 0 aliphatic heterocycles. The lowest BCUT2D eigenvalue weighted by Gasteiger charge is -2.08. The van der Waals surface area contributed by atoms with Crippen molar-refractivity contribution in [1.82, 2.24) is 0 Å². The first-order chi connectivity index (χ1) is 10.2. The molecule has 0 aromatic heterocycles. The first-order valence-corrected chi connectivity index (χ1v) is 6.61. The Hall–Kier alpha value is -2.33. The van der Waals surface area contributed by atoms with Crippen LogP contribution in [0.3, 0.4) is 0 Å². The van der Waals surface area contributed by atoms with Gasteiger partial charge in [-0.1, -0.05) is 24.3 Å². The number of Topliss-reactive ketones (excluding diaryl/α,β-unsaturated/α-hetero) is 1. The molecule has 0 heterocycles. The lowest BCUT2D eigenvalue weighted by molar-refractivity contribution is 0.0723. The fourth-order valence-corrected chi connectivity index (χ4v) is 1.94. The van der Waals surface area contributed by atoms with Gasteiger partial charge in [0.15, 0.2) is 5.78 Å².